The molecule has 0 aromatic heterocycles. The van der Waals surface area contributed by atoms with Crippen LogP contribution in [0.25, 0.3) is 0 Å². The van der Waals surface area contributed by atoms with Crippen LogP contribution >= 0.6 is 0 Å². The van der Waals surface area contributed by atoms with Gasteiger partial charge in [0.25, 0.3) is 0 Å². The fourth-order valence-electron chi connectivity index (χ4n) is 2.03. The number of phenolic OH excluding ortho intramolecular Hbond substituents is 1. The smallest absolute Gasteiger partial charge is 0.355 e. The molecule has 0 saturated heterocycles. The number of benzene rings is 1. The minimum absolute atomic E-state index is 0.00248. The predicted molar refractivity (Wildman–Crippen MR) is 72.5 cm³/mol. The highest BCUT2D eigenvalue weighted by Gasteiger charge is 2.33. The third kappa shape index (κ3) is 2.82. The summed E-state index contributed by atoms with van der Waals surface area (Å²) in [5.41, 5.74) is 0.370. The number of nitrogens with zero attached hydrogens (tertiary/aromatic N) is 1. The molecule has 1 aromatic rings. The van der Waals surface area contributed by atoms with Crippen LogP contribution in [0, 0.1) is 0 Å². The van der Waals surface area contributed by atoms with Gasteiger partial charge in [-0.05, 0) is 12.1 Å². The zero-order valence-corrected chi connectivity index (χ0v) is 11.7. The molecule has 21 heavy (non-hydrogen) atoms. The van der Waals surface area contributed by atoms with E-state index in [2.05, 4.69) is 4.74 Å². The van der Waals surface area contributed by atoms with Gasteiger partial charge in [0.2, 0.25) is 0 Å². The molecule has 0 aliphatic carbocycles. The molecule has 0 amide bonds. The number of aromatic hydroxyl groups is 1. The standard InChI is InChI=1S/C14H15NO6/c1-19-13(17)9-7-21-8-15(12(9)14(18)20-2)10-5-3-4-6-11(10)16/h3-6,16H,7-8H2,1-2H3. The van der Waals surface area contributed by atoms with E-state index >= 15 is 0 Å². The maximum atomic E-state index is 12.0. The van der Waals surface area contributed by atoms with Crippen molar-refractivity contribution in [2.45, 2.75) is 0 Å². The molecule has 7 heteroatoms. The van der Waals surface area contributed by atoms with Crippen molar-refractivity contribution in [3.63, 3.8) is 0 Å². The van der Waals surface area contributed by atoms with E-state index in [0.29, 0.717) is 5.69 Å². The summed E-state index contributed by atoms with van der Waals surface area (Å²) in [5.74, 6) is -1.44. The molecule has 1 aromatic carbocycles. The fraction of sp³-hybridized carbons (Fsp3) is 0.286. The van der Waals surface area contributed by atoms with E-state index in [1.807, 2.05) is 0 Å². The van der Waals surface area contributed by atoms with Crippen molar-refractivity contribution >= 4 is 17.6 Å². The second-order valence-electron chi connectivity index (χ2n) is 4.20. The SMILES string of the molecule is COC(=O)C1=C(C(=O)OC)N(c2ccccc2O)COC1. The van der Waals surface area contributed by atoms with Crippen molar-refractivity contribution in [1.29, 1.82) is 0 Å². The molecule has 2 rings (SSSR count). The molecule has 1 heterocycles. The minimum atomic E-state index is -0.707. The van der Waals surface area contributed by atoms with Gasteiger partial charge in [-0.15, -0.1) is 0 Å². The number of methoxy groups -OCH3 is 2. The lowest BCUT2D eigenvalue weighted by Gasteiger charge is -2.31. The van der Waals surface area contributed by atoms with Gasteiger partial charge in [-0.1, -0.05) is 12.1 Å². The molecule has 0 unspecified atom stereocenters. The van der Waals surface area contributed by atoms with E-state index in [1.165, 1.54) is 25.2 Å². The summed E-state index contributed by atoms with van der Waals surface area (Å²) in [4.78, 5) is 25.2. The number of ether oxygens (including phenoxy) is 3. The molecule has 0 radical (unpaired) electrons. The minimum Gasteiger partial charge on any atom is -0.506 e. The predicted octanol–water partition coefficient (Wildman–Crippen LogP) is 0.786. The van der Waals surface area contributed by atoms with Crippen LogP contribution in [0.2, 0.25) is 0 Å². The summed E-state index contributed by atoms with van der Waals surface area (Å²) in [7, 11) is 2.42. The number of carbonyl (C=O) groups is 2. The van der Waals surface area contributed by atoms with Crippen LogP contribution < -0.4 is 4.90 Å². The van der Waals surface area contributed by atoms with Crippen LogP contribution in [-0.2, 0) is 23.8 Å². The Kier molecular flexibility index (Phi) is 4.44. The molecule has 112 valence electrons. The Morgan fingerprint density at radius 1 is 1.19 bits per heavy atom. The van der Waals surface area contributed by atoms with Gasteiger partial charge in [0, 0.05) is 0 Å². The molecule has 0 saturated carbocycles. The molecule has 1 aliphatic rings. The average Bonchev–Trinajstić information content (AvgIpc) is 2.53. The Bertz CT molecular complexity index is 595. The summed E-state index contributed by atoms with van der Waals surface area (Å²) < 4.78 is 14.7. The molecule has 1 aliphatic heterocycles. The van der Waals surface area contributed by atoms with Gasteiger partial charge in [-0.3, -0.25) is 0 Å². The van der Waals surface area contributed by atoms with E-state index in [-0.39, 0.29) is 30.4 Å². The number of carbonyl (C=O) groups excluding carboxylic acids is 2. The van der Waals surface area contributed by atoms with Crippen molar-refractivity contribution in [2.24, 2.45) is 0 Å². The van der Waals surface area contributed by atoms with Crippen molar-refractivity contribution in [3.8, 4) is 5.75 Å². The lowest BCUT2D eigenvalue weighted by atomic mass is 10.1. The van der Waals surface area contributed by atoms with Crippen molar-refractivity contribution in [3.05, 3.63) is 35.5 Å². The van der Waals surface area contributed by atoms with Crippen LogP contribution in [0.4, 0.5) is 5.69 Å². The van der Waals surface area contributed by atoms with Gasteiger partial charge in [-0.2, -0.15) is 0 Å². The normalized spacial score (nSPS) is 14.9. The highest BCUT2D eigenvalue weighted by atomic mass is 16.5. The van der Waals surface area contributed by atoms with Gasteiger partial charge < -0.3 is 24.2 Å². The Morgan fingerprint density at radius 3 is 2.48 bits per heavy atom. The quantitative estimate of drug-likeness (QED) is 0.824. The number of para-hydroxylation sites is 2. The number of rotatable bonds is 3. The Balaban J connectivity index is 2.56. The first-order valence-corrected chi connectivity index (χ1v) is 6.13. The Labute approximate surface area is 121 Å². The largest absolute Gasteiger partial charge is 0.506 e. The van der Waals surface area contributed by atoms with E-state index in [0.717, 1.165) is 0 Å². The van der Waals surface area contributed by atoms with Crippen LogP contribution in [0.15, 0.2) is 35.5 Å². The highest BCUT2D eigenvalue weighted by Crippen LogP contribution is 2.32. The lowest BCUT2D eigenvalue weighted by Crippen LogP contribution is -2.38. The first-order chi connectivity index (χ1) is 10.1. The summed E-state index contributed by atoms with van der Waals surface area (Å²) in [6, 6.07) is 6.40. The maximum Gasteiger partial charge on any atom is 0.355 e. The molecule has 1 N–H and O–H groups in total. The first kappa shape index (κ1) is 14.9. The Morgan fingerprint density at radius 2 is 1.86 bits per heavy atom. The van der Waals surface area contributed by atoms with Crippen molar-refractivity contribution in [1.82, 2.24) is 0 Å². The number of hydrogen-bond acceptors (Lipinski definition) is 7. The van der Waals surface area contributed by atoms with Crippen molar-refractivity contribution < 1.29 is 28.9 Å². The maximum absolute atomic E-state index is 12.0. The summed E-state index contributed by atoms with van der Waals surface area (Å²) in [6.07, 6.45) is 0. The summed E-state index contributed by atoms with van der Waals surface area (Å²) >= 11 is 0. The zero-order chi connectivity index (χ0) is 15.4. The van der Waals surface area contributed by atoms with Crippen LogP contribution in [0.3, 0.4) is 0 Å². The Hall–Kier alpha value is -2.54. The van der Waals surface area contributed by atoms with E-state index in [9.17, 15) is 14.7 Å². The van der Waals surface area contributed by atoms with Gasteiger partial charge in [0.15, 0.2) is 0 Å². The van der Waals surface area contributed by atoms with Gasteiger partial charge in [0.1, 0.15) is 18.2 Å². The highest BCUT2D eigenvalue weighted by molar-refractivity contribution is 6.03. The van der Waals surface area contributed by atoms with E-state index in [4.69, 9.17) is 9.47 Å². The van der Waals surface area contributed by atoms with Gasteiger partial charge in [0.05, 0.1) is 32.1 Å². The van der Waals surface area contributed by atoms with Crippen LogP contribution in [-0.4, -0.2) is 44.6 Å². The van der Waals surface area contributed by atoms with Gasteiger partial charge >= 0.3 is 11.9 Å². The van der Waals surface area contributed by atoms with E-state index < -0.39 is 11.9 Å². The number of phenols is 1. The van der Waals surface area contributed by atoms with E-state index in [1.54, 1.807) is 18.2 Å². The lowest BCUT2D eigenvalue weighted by molar-refractivity contribution is -0.140. The number of hydrogen-bond donors (Lipinski definition) is 1. The number of esters is 2. The summed E-state index contributed by atoms with van der Waals surface area (Å²) in [6.45, 7) is -0.0658. The fourth-order valence-corrected chi connectivity index (χ4v) is 2.03. The third-order valence-corrected chi connectivity index (χ3v) is 3.01. The third-order valence-electron chi connectivity index (χ3n) is 3.01. The molecular weight excluding hydrogens is 278 g/mol. The van der Waals surface area contributed by atoms with Crippen LogP contribution in [0.5, 0.6) is 5.75 Å². The monoisotopic (exact) mass is 293 g/mol. The molecule has 0 spiro atoms. The molecule has 7 nitrogen and oxygen atoms in total. The molecule has 0 atom stereocenters. The second kappa shape index (κ2) is 6.27. The first-order valence-electron chi connectivity index (χ1n) is 6.13. The van der Waals surface area contributed by atoms with Gasteiger partial charge in [-0.25, -0.2) is 9.59 Å². The molecule has 0 fully saturated rings. The topological polar surface area (TPSA) is 85.3 Å². The summed E-state index contributed by atoms with van der Waals surface area (Å²) in [5, 5.41) is 9.93. The molecule has 0 bridgehead atoms. The number of anilines is 1. The van der Waals surface area contributed by atoms with Crippen LogP contribution in [0.1, 0.15) is 0 Å². The average molecular weight is 293 g/mol. The zero-order valence-electron chi connectivity index (χ0n) is 11.7. The van der Waals surface area contributed by atoms with Crippen molar-refractivity contribution in [2.75, 3.05) is 32.5 Å². The molecular formula is C14H15NO6. The second-order valence-corrected chi connectivity index (χ2v) is 4.20.